The summed E-state index contributed by atoms with van der Waals surface area (Å²) in [5, 5.41) is 9.85. The van der Waals surface area contributed by atoms with Crippen LogP contribution in [0.3, 0.4) is 0 Å². The Balaban J connectivity index is 2.63. The monoisotopic (exact) mass is 269 g/mol. The average molecular weight is 269 g/mol. The number of Topliss-reactive ketones (excluding diaryl/α,β-unsaturated/α-hetero) is 1. The van der Waals surface area contributed by atoms with Crippen molar-refractivity contribution < 1.29 is 22.9 Å². The minimum atomic E-state index is -4.53. The largest absolute Gasteiger partial charge is 0.515 e. The van der Waals surface area contributed by atoms with Gasteiger partial charge in [-0.05, 0) is 19.1 Å². The number of aliphatic hydroxyl groups excluding tert-OH is 1. The van der Waals surface area contributed by atoms with E-state index in [4.69, 9.17) is 9.66 Å². The van der Waals surface area contributed by atoms with Crippen molar-refractivity contribution in [1.82, 2.24) is 0 Å². The van der Waals surface area contributed by atoms with Crippen molar-refractivity contribution in [2.75, 3.05) is 5.32 Å². The Hall–Kier alpha value is -1.86. The maximum Gasteiger partial charge on any atom is 0.290 e. The number of ketones is 1. The number of carbonyl (C=O) groups is 1. The van der Waals surface area contributed by atoms with Crippen molar-refractivity contribution in [3.05, 3.63) is 41.2 Å². The Labute approximate surface area is 104 Å². The first-order chi connectivity index (χ1) is 8.34. The number of fused-ring (bicyclic) bond motifs is 1. The van der Waals surface area contributed by atoms with Gasteiger partial charge in [0.25, 0.3) is 10.1 Å². The summed E-state index contributed by atoms with van der Waals surface area (Å²) < 4.78 is 31.4. The van der Waals surface area contributed by atoms with Gasteiger partial charge in [0.15, 0.2) is 11.2 Å². The number of nitrogens with one attached hydrogen (secondary N) is 1. The lowest BCUT2D eigenvalue weighted by Gasteiger charge is -2.25. The highest BCUT2D eigenvalue weighted by molar-refractivity contribution is 7.86. The van der Waals surface area contributed by atoms with Crippen LogP contribution in [-0.4, -0.2) is 29.2 Å². The molecule has 1 heterocycles. The van der Waals surface area contributed by atoms with Crippen LogP contribution in [0.25, 0.3) is 0 Å². The molecule has 1 atom stereocenters. The van der Waals surface area contributed by atoms with Gasteiger partial charge in [0.05, 0.1) is 11.8 Å². The average Bonchev–Trinajstić information content (AvgIpc) is 2.28. The van der Waals surface area contributed by atoms with E-state index in [0.717, 1.165) is 5.56 Å². The molecule has 0 saturated carbocycles. The van der Waals surface area contributed by atoms with Crippen molar-refractivity contribution in [3.8, 4) is 0 Å². The Kier molecular flexibility index (Phi) is 2.88. The molecule has 0 aliphatic carbocycles. The SMILES string of the molecule is Cc1ccc2c(c1)C(=O)C(=CO)C(S(=O)(=O)O)N2. The fraction of sp³-hybridized carbons (Fsp3) is 0.182. The van der Waals surface area contributed by atoms with Crippen LogP contribution < -0.4 is 5.32 Å². The van der Waals surface area contributed by atoms with E-state index in [1.165, 1.54) is 0 Å². The number of benzene rings is 1. The van der Waals surface area contributed by atoms with E-state index in [1.54, 1.807) is 25.1 Å². The summed E-state index contributed by atoms with van der Waals surface area (Å²) in [6, 6.07) is 4.83. The van der Waals surface area contributed by atoms with Crippen molar-refractivity contribution in [1.29, 1.82) is 0 Å². The summed E-state index contributed by atoms with van der Waals surface area (Å²) in [6.07, 6.45) is 0.402. The van der Waals surface area contributed by atoms with Crippen LogP contribution in [0, 0.1) is 6.92 Å². The van der Waals surface area contributed by atoms with Crippen LogP contribution >= 0.6 is 0 Å². The molecule has 0 spiro atoms. The van der Waals surface area contributed by atoms with Crippen LogP contribution in [0.2, 0.25) is 0 Å². The molecular formula is C11H11NO5S. The fourth-order valence-corrected chi connectivity index (χ4v) is 2.59. The molecular weight excluding hydrogens is 258 g/mol. The molecule has 1 unspecified atom stereocenters. The normalized spacial score (nSPS) is 21.6. The molecule has 96 valence electrons. The van der Waals surface area contributed by atoms with Crippen molar-refractivity contribution in [2.24, 2.45) is 0 Å². The second-order valence-electron chi connectivity index (χ2n) is 4.00. The van der Waals surface area contributed by atoms with Crippen molar-refractivity contribution >= 4 is 21.6 Å². The first-order valence-corrected chi connectivity index (χ1v) is 6.57. The van der Waals surface area contributed by atoms with E-state index < -0.39 is 26.8 Å². The topological polar surface area (TPSA) is 104 Å². The Morgan fingerprint density at radius 3 is 2.61 bits per heavy atom. The number of aliphatic hydroxyl groups is 1. The van der Waals surface area contributed by atoms with E-state index in [9.17, 15) is 13.2 Å². The quantitative estimate of drug-likeness (QED) is 0.403. The minimum Gasteiger partial charge on any atom is -0.515 e. The number of anilines is 1. The molecule has 1 aliphatic rings. The van der Waals surface area contributed by atoms with Crippen molar-refractivity contribution in [3.63, 3.8) is 0 Å². The smallest absolute Gasteiger partial charge is 0.290 e. The van der Waals surface area contributed by atoms with Gasteiger partial charge in [0.1, 0.15) is 0 Å². The summed E-state index contributed by atoms with van der Waals surface area (Å²) in [7, 11) is -4.53. The Bertz CT molecular complexity index is 647. The Morgan fingerprint density at radius 2 is 2.06 bits per heavy atom. The molecule has 0 aromatic heterocycles. The predicted octanol–water partition coefficient (Wildman–Crippen LogP) is 1.26. The van der Waals surface area contributed by atoms with Crippen molar-refractivity contribution in [2.45, 2.75) is 12.3 Å². The molecule has 0 saturated heterocycles. The molecule has 0 amide bonds. The molecule has 0 radical (unpaired) electrons. The van der Waals surface area contributed by atoms with E-state index in [1.807, 2.05) is 0 Å². The van der Waals surface area contributed by atoms with E-state index >= 15 is 0 Å². The highest BCUT2D eigenvalue weighted by Crippen LogP contribution is 2.30. The van der Waals surface area contributed by atoms with Gasteiger partial charge >= 0.3 is 0 Å². The first-order valence-electron chi connectivity index (χ1n) is 5.07. The zero-order valence-electron chi connectivity index (χ0n) is 9.41. The van der Waals surface area contributed by atoms with E-state index in [0.29, 0.717) is 11.9 Å². The molecule has 0 bridgehead atoms. The third-order valence-corrected chi connectivity index (χ3v) is 3.66. The van der Waals surface area contributed by atoms with Crippen LogP contribution in [0.1, 0.15) is 15.9 Å². The molecule has 7 heteroatoms. The number of aryl methyl sites for hydroxylation is 1. The highest BCUT2D eigenvalue weighted by atomic mass is 32.2. The lowest BCUT2D eigenvalue weighted by atomic mass is 9.96. The number of rotatable bonds is 1. The van der Waals surface area contributed by atoms with Gasteiger partial charge in [0, 0.05) is 11.3 Å². The van der Waals surface area contributed by atoms with Gasteiger partial charge in [-0.15, -0.1) is 0 Å². The predicted molar refractivity (Wildman–Crippen MR) is 65.2 cm³/mol. The van der Waals surface area contributed by atoms with Crippen LogP contribution in [0.5, 0.6) is 0 Å². The first kappa shape index (κ1) is 12.6. The lowest BCUT2D eigenvalue weighted by molar-refractivity contribution is 0.102. The summed E-state index contributed by atoms with van der Waals surface area (Å²) in [4.78, 5) is 12.0. The molecule has 1 aliphatic heterocycles. The summed E-state index contributed by atoms with van der Waals surface area (Å²) in [5.41, 5.74) is 0.983. The van der Waals surface area contributed by atoms with Crippen LogP contribution in [-0.2, 0) is 10.1 Å². The fourth-order valence-electron chi connectivity index (χ4n) is 1.83. The summed E-state index contributed by atoms with van der Waals surface area (Å²) in [5.74, 6) is -0.627. The number of carbonyl (C=O) groups excluding carboxylic acids is 1. The van der Waals surface area contributed by atoms with Gasteiger partial charge < -0.3 is 10.4 Å². The highest BCUT2D eigenvalue weighted by Gasteiger charge is 2.37. The third-order valence-electron chi connectivity index (χ3n) is 2.69. The minimum absolute atomic E-state index is 0.259. The zero-order valence-corrected chi connectivity index (χ0v) is 10.2. The van der Waals surface area contributed by atoms with Crippen LogP contribution in [0.4, 0.5) is 5.69 Å². The zero-order chi connectivity index (χ0) is 13.5. The van der Waals surface area contributed by atoms with Gasteiger partial charge in [-0.25, -0.2) is 0 Å². The van der Waals surface area contributed by atoms with Gasteiger partial charge in [-0.1, -0.05) is 11.6 Å². The van der Waals surface area contributed by atoms with Crippen LogP contribution in [0.15, 0.2) is 30.0 Å². The molecule has 18 heavy (non-hydrogen) atoms. The van der Waals surface area contributed by atoms with Gasteiger partial charge in [0.2, 0.25) is 0 Å². The molecule has 0 fully saturated rings. The number of hydrogen-bond donors (Lipinski definition) is 3. The standard InChI is InChI=1S/C11H11NO5S/c1-6-2-3-9-7(4-6)10(14)8(5-13)11(12-9)18(15,16)17/h2-5,11-13H,1H3,(H,15,16,17). The second kappa shape index (κ2) is 4.11. The maximum absolute atomic E-state index is 12.0. The van der Waals surface area contributed by atoms with E-state index in [2.05, 4.69) is 5.32 Å². The Morgan fingerprint density at radius 1 is 1.39 bits per heavy atom. The molecule has 6 nitrogen and oxygen atoms in total. The summed E-state index contributed by atoms with van der Waals surface area (Å²) >= 11 is 0. The third kappa shape index (κ3) is 1.98. The lowest BCUT2D eigenvalue weighted by Crippen LogP contribution is -2.38. The summed E-state index contributed by atoms with van der Waals surface area (Å²) in [6.45, 7) is 1.78. The van der Waals surface area contributed by atoms with E-state index in [-0.39, 0.29) is 5.56 Å². The molecule has 1 aromatic rings. The molecule has 2 rings (SSSR count). The number of hydrogen-bond acceptors (Lipinski definition) is 5. The van der Waals surface area contributed by atoms with Gasteiger partial charge in [-0.2, -0.15) is 8.42 Å². The molecule has 3 N–H and O–H groups in total. The van der Waals surface area contributed by atoms with Gasteiger partial charge in [-0.3, -0.25) is 9.35 Å². The molecule has 1 aromatic carbocycles. The second-order valence-corrected chi connectivity index (χ2v) is 5.50. The maximum atomic E-state index is 12.0.